The number of aromatic nitrogens is 2. The number of benzene rings is 2. The Kier molecular flexibility index (Phi) is 5.51. The largest absolute Gasteiger partial charge is 0.497 e. The van der Waals surface area contributed by atoms with Gasteiger partial charge in [-0.2, -0.15) is 4.98 Å². The minimum absolute atomic E-state index is 0.00300. The summed E-state index contributed by atoms with van der Waals surface area (Å²) in [5.74, 6) is 1.20. The number of nitrogens with one attached hydrogen (secondary N) is 2. The number of rotatable bonds is 7. The fraction of sp³-hybridized carbons (Fsp3) is 0.238. The zero-order valence-electron chi connectivity index (χ0n) is 16.6. The number of ether oxygens (including phenoxy) is 2. The molecule has 0 unspecified atom stereocenters. The van der Waals surface area contributed by atoms with E-state index in [0.717, 1.165) is 5.56 Å². The van der Waals surface area contributed by atoms with Gasteiger partial charge in [-0.3, -0.25) is 0 Å². The van der Waals surface area contributed by atoms with Gasteiger partial charge in [-0.05, 0) is 24.3 Å². The molecule has 2 heterocycles. The molecule has 30 heavy (non-hydrogen) atoms. The second-order valence-corrected chi connectivity index (χ2v) is 6.70. The summed E-state index contributed by atoms with van der Waals surface area (Å²) in [4.78, 5) is 10.6. The molecular formula is C21H21F2N5O2. The van der Waals surface area contributed by atoms with Gasteiger partial charge in [0.25, 0.3) is 0 Å². The van der Waals surface area contributed by atoms with Crippen molar-refractivity contribution in [2.45, 2.75) is 13.1 Å². The summed E-state index contributed by atoms with van der Waals surface area (Å²) in [5.41, 5.74) is 1.62. The Morgan fingerprint density at radius 3 is 2.67 bits per heavy atom. The van der Waals surface area contributed by atoms with Crippen LogP contribution in [0, 0.1) is 11.6 Å². The maximum absolute atomic E-state index is 14.0. The smallest absolute Gasteiger partial charge is 0.225 e. The Labute approximate surface area is 172 Å². The zero-order valence-corrected chi connectivity index (χ0v) is 16.6. The number of methoxy groups -OCH3 is 2. The van der Waals surface area contributed by atoms with Gasteiger partial charge in [0, 0.05) is 23.7 Å². The summed E-state index contributed by atoms with van der Waals surface area (Å²) in [6, 6.07) is 9.39. The molecule has 1 aromatic heterocycles. The molecule has 3 aromatic rings. The van der Waals surface area contributed by atoms with Gasteiger partial charge in [0.05, 0.1) is 39.3 Å². The van der Waals surface area contributed by atoms with E-state index in [1.807, 2.05) is 12.1 Å². The Morgan fingerprint density at radius 2 is 1.93 bits per heavy atom. The van der Waals surface area contributed by atoms with Crippen LogP contribution in [0.2, 0.25) is 0 Å². The fourth-order valence-electron chi connectivity index (χ4n) is 3.26. The maximum atomic E-state index is 14.0. The molecule has 0 atom stereocenters. The van der Waals surface area contributed by atoms with Crippen LogP contribution in [0.25, 0.3) is 0 Å². The van der Waals surface area contributed by atoms with Gasteiger partial charge < -0.3 is 25.0 Å². The molecule has 4 rings (SSSR count). The van der Waals surface area contributed by atoms with Crippen LogP contribution in [0.15, 0.2) is 42.6 Å². The number of halogens is 2. The summed E-state index contributed by atoms with van der Waals surface area (Å²) in [6.45, 7) is 0.871. The normalized spacial score (nSPS) is 12.3. The maximum Gasteiger partial charge on any atom is 0.225 e. The highest BCUT2D eigenvalue weighted by Gasteiger charge is 2.24. The lowest BCUT2D eigenvalue weighted by atomic mass is 10.2. The summed E-state index contributed by atoms with van der Waals surface area (Å²) >= 11 is 0. The van der Waals surface area contributed by atoms with E-state index in [9.17, 15) is 8.78 Å². The van der Waals surface area contributed by atoms with Gasteiger partial charge in [-0.1, -0.05) is 6.07 Å². The molecule has 0 saturated heterocycles. The molecule has 1 aliphatic heterocycles. The van der Waals surface area contributed by atoms with Crippen molar-refractivity contribution in [3.8, 4) is 11.5 Å². The number of hydrogen-bond acceptors (Lipinski definition) is 7. The van der Waals surface area contributed by atoms with Crippen molar-refractivity contribution in [2.75, 3.05) is 36.4 Å². The summed E-state index contributed by atoms with van der Waals surface area (Å²) in [6.07, 6.45) is 1.65. The Hall–Kier alpha value is -3.62. The third-order valence-electron chi connectivity index (χ3n) is 4.87. The van der Waals surface area contributed by atoms with Gasteiger partial charge in [-0.15, -0.1) is 0 Å². The van der Waals surface area contributed by atoms with Gasteiger partial charge in [0.1, 0.15) is 23.1 Å². The first-order chi connectivity index (χ1) is 14.6. The van der Waals surface area contributed by atoms with E-state index >= 15 is 0 Å². The van der Waals surface area contributed by atoms with Crippen molar-refractivity contribution in [1.29, 1.82) is 0 Å². The molecule has 7 nitrogen and oxygen atoms in total. The van der Waals surface area contributed by atoms with E-state index < -0.39 is 11.6 Å². The van der Waals surface area contributed by atoms with Crippen molar-refractivity contribution in [2.24, 2.45) is 0 Å². The lowest BCUT2D eigenvalue weighted by molar-refractivity contribution is 0.391. The number of hydrogen-bond donors (Lipinski definition) is 2. The topological polar surface area (TPSA) is 71.5 Å². The van der Waals surface area contributed by atoms with Crippen molar-refractivity contribution in [1.82, 2.24) is 9.97 Å². The minimum atomic E-state index is -0.581. The first-order valence-corrected chi connectivity index (χ1v) is 9.32. The van der Waals surface area contributed by atoms with Crippen LogP contribution in [0.3, 0.4) is 0 Å². The van der Waals surface area contributed by atoms with Gasteiger partial charge in [0.2, 0.25) is 5.95 Å². The second-order valence-electron chi connectivity index (χ2n) is 6.70. The van der Waals surface area contributed by atoms with E-state index in [1.165, 1.54) is 18.2 Å². The second kappa shape index (κ2) is 8.40. The van der Waals surface area contributed by atoms with E-state index in [4.69, 9.17) is 9.47 Å². The summed E-state index contributed by atoms with van der Waals surface area (Å²) in [5, 5.41) is 6.30. The van der Waals surface area contributed by atoms with Gasteiger partial charge >= 0.3 is 0 Å². The average Bonchev–Trinajstić information content (AvgIpc) is 3.16. The van der Waals surface area contributed by atoms with E-state index in [-0.39, 0.29) is 12.1 Å². The fourth-order valence-corrected chi connectivity index (χ4v) is 3.26. The lowest BCUT2D eigenvalue weighted by Gasteiger charge is -2.18. The highest BCUT2D eigenvalue weighted by atomic mass is 19.1. The monoisotopic (exact) mass is 413 g/mol. The van der Waals surface area contributed by atoms with Crippen molar-refractivity contribution in [3.63, 3.8) is 0 Å². The first-order valence-electron chi connectivity index (χ1n) is 9.32. The molecule has 0 spiro atoms. The van der Waals surface area contributed by atoms with E-state index in [0.29, 0.717) is 42.2 Å². The molecule has 156 valence electrons. The SMILES string of the molecule is COc1ccc(CNc2ncc3c(n2)N(Cc2c(F)cccc2F)CN3)c(OC)c1. The summed E-state index contributed by atoms with van der Waals surface area (Å²) < 4.78 is 38.7. The third-order valence-corrected chi connectivity index (χ3v) is 4.87. The molecule has 0 amide bonds. The molecule has 2 aromatic carbocycles. The highest BCUT2D eigenvalue weighted by molar-refractivity contribution is 5.71. The number of fused-ring (bicyclic) bond motifs is 1. The molecule has 0 bridgehead atoms. The molecular weight excluding hydrogens is 392 g/mol. The molecule has 0 saturated carbocycles. The highest BCUT2D eigenvalue weighted by Crippen LogP contribution is 2.31. The van der Waals surface area contributed by atoms with Crippen LogP contribution in [-0.4, -0.2) is 30.9 Å². The predicted octanol–water partition coefficient (Wildman–Crippen LogP) is 3.77. The van der Waals surface area contributed by atoms with Gasteiger partial charge in [0.15, 0.2) is 5.82 Å². The van der Waals surface area contributed by atoms with Crippen molar-refractivity contribution < 1.29 is 18.3 Å². The molecule has 0 radical (unpaired) electrons. The summed E-state index contributed by atoms with van der Waals surface area (Å²) in [7, 11) is 3.19. The van der Waals surface area contributed by atoms with E-state index in [1.54, 1.807) is 31.4 Å². The average molecular weight is 413 g/mol. The van der Waals surface area contributed by atoms with Crippen LogP contribution in [0.4, 0.5) is 26.2 Å². The Morgan fingerprint density at radius 1 is 1.13 bits per heavy atom. The van der Waals surface area contributed by atoms with Gasteiger partial charge in [-0.25, -0.2) is 13.8 Å². The van der Waals surface area contributed by atoms with Crippen molar-refractivity contribution >= 4 is 17.5 Å². The Balaban J connectivity index is 1.51. The van der Waals surface area contributed by atoms with Crippen LogP contribution < -0.4 is 25.0 Å². The predicted molar refractivity (Wildman–Crippen MR) is 110 cm³/mol. The molecule has 1 aliphatic rings. The zero-order chi connectivity index (χ0) is 21.1. The standard InChI is InChI=1S/C21H21F2N5O2/c1-29-14-7-6-13(19(8-14)30-2)9-24-21-25-10-18-20(27-21)28(12-26-18)11-15-16(22)4-3-5-17(15)23/h3-8,10,26H,9,11-12H2,1-2H3,(H,24,25,27). The number of nitrogens with zero attached hydrogens (tertiary/aromatic N) is 3. The van der Waals surface area contributed by atoms with Crippen LogP contribution in [0.5, 0.6) is 11.5 Å². The molecule has 9 heteroatoms. The molecule has 0 fully saturated rings. The number of anilines is 3. The van der Waals surface area contributed by atoms with Crippen LogP contribution >= 0.6 is 0 Å². The quantitative estimate of drug-likeness (QED) is 0.611. The van der Waals surface area contributed by atoms with E-state index in [2.05, 4.69) is 20.6 Å². The first kappa shape index (κ1) is 19.7. The van der Waals surface area contributed by atoms with Crippen LogP contribution in [0.1, 0.15) is 11.1 Å². The lowest BCUT2D eigenvalue weighted by Crippen LogP contribution is -2.24. The van der Waals surface area contributed by atoms with Crippen molar-refractivity contribution in [3.05, 3.63) is 65.4 Å². The third kappa shape index (κ3) is 3.91. The minimum Gasteiger partial charge on any atom is -0.497 e. The Bertz CT molecular complexity index is 1040. The molecule has 2 N–H and O–H groups in total. The molecule has 0 aliphatic carbocycles. The van der Waals surface area contributed by atoms with Crippen LogP contribution in [-0.2, 0) is 13.1 Å².